The zero-order valence-corrected chi connectivity index (χ0v) is 13.5. The highest BCUT2D eigenvalue weighted by atomic mass is 16.6. The minimum absolute atomic E-state index is 0.333. The molecule has 2 aromatic rings. The molecule has 1 amide bonds. The van der Waals surface area contributed by atoms with Gasteiger partial charge in [-0.1, -0.05) is 18.2 Å². The minimum Gasteiger partial charge on any atom is -0.443 e. The third kappa shape index (κ3) is 4.07. The Kier molecular flexibility index (Phi) is 4.81. The van der Waals surface area contributed by atoms with Crippen LogP contribution in [0.3, 0.4) is 0 Å². The Bertz CT molecular complexity index is 616. The average Bonchev–Trinajstić information content (AvgIpc) is 2.48. The predicted molar refractivity (Wildman–Crippen MR) is 88.9 cm³/mol. The van der Waals surface area contributed by atoms with Crippen molar-refractivity contribution in [3.05, 3.63) is 48.7 Å². The molecule has 0 bridgehead atoms. The first-order valence-electron chi connectivity index (χ1n) is 7.42. The van der Waals surface area contributed by atoms with Crippen LogP contribution in [-0.4, -0.2) is 23.2 Å². The van der Waals surface area contributed by atoms with E-state index in [1.165, 1.54) is 0 Å². The van der Waals surface area contributed by atoms with Crippen LogP contribution in [0.2, 0.25) is 0 Å². The third-order valence-electron chi connectivity index (χ3n) is 3.07. The van der Waals surface area contributed by atoms with Crippen LogP contribution in [0.1, 0.15) is 27.7 Å². The van der Waals surface area contributed by atoms with Gasteiger partial charge in [0.1, 0.15) is 5.60 Å². The number of carbonyl (C=O) groups excluding carboxylic acids is 1. The summed E-state index contributed by atoms with van der Waals surface area (Å²) < 4.78 is 5.43. The maximum absolute atomic E-state index is 12.2. The molecule has 0 spiro atoms. The first-order valence-corrected chi connectivity index (χ1v) is 7.42. The summed E-state index contributed by atoms with van der Waals surface area (Å²) >= 11 is 0. The number of rotatable bonds is 3. The quantitative estimate of drug-likeness (QED) is 0.837. The molecular weight excluding hydrogens is 276 g/mol. The summed E-state index contributed by atoms with van der Waals surface area (Å²) in [4.78, 5) is 18.2. The maximum atomic E-state index is 12.2. The Morgan fingerprint density at radius 3 is 2.32 bits per heavy atom. The van der Waals surface area contributed by atoms with Crippen LogP contribution >= 0.6 is 0 Å². The average molecular weight is 298 g/mol. The number of aromatic nitrogens is 1. The molecule has 2 rings (SSSR count). The van der Waals surface area contributed by atoms with E-state index >= 15 is 0 Å². The molecule has 0 aliphatic heterocycles. The summed E-state index contributed by atoms with van der Waals surface area (Å²) in [6.45, 7) is 8.07. The molecule has 1 heterocycles. The number of hydrogen-bond acceptors (Lipinski definition) is 3. The SMILES string of the molecule is CCN(C(=O)OC(C)(C)C)c1ccc(-c2ccccn2)cc1. The third-order valence-corrected chi connectivity index (χ3v) is 3.07. The van der Waals surface area contributed by atoms with Gasteiger partial charge in [-0.05, 0) is 52.0 Å². The van der Waals surface area contributed by atoms with Gasteiger partial charge in [0.15, 0.2) is 0 Å². The Labute approximate surface area is 131 Å². The smallest absolute Gasteiger partial charge is 0.414 e. The van der Waals surface area contributed by atoms with Gasteiger partial charge < -0.3 is 4.74 Å². The van der Waals surface area contributed by atoms with E-state index in [-0.39, 0.29) is 6.09 Å². The molecule has 0 N–H and O–H groups in total. The van der Waals surface area contributed by atoms with Gasteiger partial charge >= 0.3 is 6.09 Å². The molecule has 0 fully saturated rings. The molecule has 1 aromatic heterocycles. The summed E-state index contributed by atoms with van der Waals surface area (Å²) in [5.41, 5.74) is 2.24. The summed E-state index contributed by atoms with van der Waals surface area (Å²) in [6, 6.07) is 13.6. The lowest BCUT2D eigenvalue weighted by Crippen LogP contribution is -2.36. The van der Waals surface area contributed by atoms with Gasteiger partial charge in [-0.15, -0.1) is 0 Å². The van der Waals surface area contributed by atoms with E-state index in [4.69, 9.17) is 4.74 Å². The van der Waals surface area contributed by atoms with Crippen molar-refractivity contribution in [2.45, 2.75) is 33.3 Å². The first kappa shape index (κ1) is 16.0. The number of amides is 1. The lowest BCUT2D eigenvalue weighted by molar-refractivity contribution is 0.0582. The Hall–Kier alpha value is -2.36. The zero-order valence-electron chi connectivity index (χ0n) is 13.5. The van der Waals surface area contributed by atoms with Gasteiger partial charge in [-0.2, -0.15) is 0 Å². The number of benzene rings is 1. The second kappa shape index (κ2) is 6.60. The zero-order chi connectivity index (χ0) is 16.2. The molecule has 0 aliphatic rings. The molecule has 116 valence electrons. The first-order chi connectivity index (χ1) is 10.4. The van der Waals surface area contributed by atoms with Crippen LogP contribution < -0.4 is 4.90 Å². The summed E-state index contributed by atoms with van der Waals surface area (Å²) in [7, 11) is 0. The number of nitrogens with zero attached hydrogens (tertiary/aromatic N) is 2. The Morgan fingerprint density at radius 2 is 1.82 bits per heavy atom. The van der Waals surface area contributed by atoms with Gasteiger partial charge in [-0.25, -0.2) is 4.79 Å². The fraction of sp³-hybridized carbons (Fsp3) is 0.333. The highest BCUT2D eigenvalue weighted by molar-refractivity contribution is 5.88. The highest BCUT2D eigenvalue weighted by Gasteiger charge is 2.22. The van der Waals surface area contributed by atoms with Crippen molar-refractivity contribution in [3.63, 3.8) is 0 Å². The molecule has 0 radical (unpaired) electrons. The second-order valence-corrected chi connectivity index (χ2v) is 5.99. The van der Waals surface area contributed by atoms with Crippen LogP contribution in [0.15, 0.2) is 48.7 Å². The van der Waals surface area contributed by atoms with Gasteiger partial charge in [0.05, 0.1) is 5.69 Å². The van der Waals surface area contributed by atoms with Crippen LogP contribution in [0.25, 0.3) is 11.3 Å². The van der Waals surface area contributed by atoms with Gasteiger partial charge in [0, 0.05) is 24.0 Å². The van der Waals surface area contributed by atoms with Gasteiger partial charge in [-0.3, -0.25) is 9.88 Å². The van der Waals surface area contributed by atoms with Crippen molar-refractivity contribution in [1.29, 1.82) is 0 Å². The normalized spacial score (nSPS) is 11.1. The molecular formula is C18H22N2O2. The van der Waals surface area contributed by atoms with Crippen LogP contribution in [0, 0.1) is 0 Å². The van der Waals surface area contributed by atoms with Crippen molar-refractivity contribution < 1.29 is 9.53 Å². The lowest BCUT2D eigenvalue weighted by Gasteiger charge is -2.26. The molecule has 4 heteroatoms. The number of anilines is 1. The van der Waals surface area contributed by atoms with E-state index in [0.717, 1.165) is 16.9 Å². The van der Waals surface area contributed by atoms with Crippen molar-refractivity contribution in [2.75, 3.05) is 11.4 Å². The highest BCUT2D eigenvalue weighted by Crippen LogP contribution is 2.23. The molecule has 0 atom stereocenters. The van der Waals surface area contributed by atoms with Crippen molar-refractivity contribution >= 4 is 11.8 Å². The number of pyridine rings is 1. The van der Waals surface area contributed by atoms with Crippen molar-refractivity contribution in [3.8, 4) is 11.3 Å². The standard InChI is InChI=1S/C18H22N2O2/c1-5-20(17(21)22-18(2,3)4)15-11-9-14(10-12-15)16-8-6-7-13-19-16/h6-13H,5H2,1-4H3. The molecule has 4 nitrogen and oxygen atoms in total. The molecule has 0 saturated heterocycles. The van der Waals surface area contributed by atoms with E-state index in [0.29, 0.717) is 6.54 Å². The molecule has 0 unspecified atom stereocenters. The second-order valence-electron chi connectivity index (χ2n) is 5.99. The summed E-state index contributed by atoms with van der Waals surface area (Å²) in [6.07, 6.45) is 1.43. The van der Waals surface area contributed by atoms with E-state index < -0.39 is 5.60 Å². The number of ether oxygens (including phenoxy) is 1. The summed E-state index contributed by atoms with van der Waals surface area (Å²) in [5.74, 6) is 0. The topological polar surface area (TPSA) is 42.4 Å². The van der Waals surface area contributed by atoms with Crippen LogP contribution in [0.4, 0.5) is 10.5 Å². The van der Waals surface area contributed by atoms with E-state index in [1.54, 1.807) is 11.1 Å². The number of carbonyl (C=O) groups is 1. The molecule has 0 aliphatic carbocycles. The summed E-state index contributed by atoms with van der Waals surface area (Å²) in [5, 5.41) is 0. The van der Waals surface area contributed by atoms with Crippen molar-refractivity contribution in [2.24, 2.45) is 0 Å². The largest absolute Gasteiger partial charge is 0.443 e. The monoisotopic (exact) mass is 298 g/mol. The van der Waals surface area contributed by atoms with E-state index in [1.807, 2.05) is 70.2 Å². The number of hydrogen-bond donors (Lipinski definition) is 0. The van der Waals surface area contributed by atoms with E-state index in [9.17, 15) is 4.79 Å². The fourth-order valence-corrected chi connectivity index (χ4v) is 2.08. The molecule has 22 heavy (non-hydrogen) atoms. The van der Waals surface area contributed by atoms with Gasteiger partial charge in [0.25, 0.3) is 0 Å². The molecule has 0 saturated carbocycles. The Balaban J connectivity index is 2.19. The molecule has 1 aromatic carbocycles. The maximum Gasteiger partial charge on any atom is 0.414 e. The lowest BCUT2D eigenvalue weighted by atomic mass is 10.1. The van der Waals surface area contributed by atoms with Crippen LogP contribution in [-0.2, 0) is 4.74 Å². The van der Waals surface area contributed by atoms with Crippen molar-refractivity contribution in [1.82, 2.24) is 4.98 Å². The van der Waals surface area contributed by atoms with Crippen LogP contribution in [0.5, 0.6) is 0 Å². The predicted octanol–water partition coefficient (Wildman–Crippen LogP) is 4.51. The van der Waals surface area contributed by atoms with E-state index in [2.05, 4.69) is 4.98 Å². The fourth-order valence-electron chi connectivity index (χ4n) is 2.08. The Morgan fingerprint density at radius 1 is 1.14 bits per heavy atom. The van der Waals surface area contributed by atoms with Gasteiger partial charge in [0.2, 0.25) is 0 Å². The minimum atomic E-state index is -0.502.